The highest BCUT2D eigenvalue weighted by Crippen LogP contribution is 2.37. The van der Waals surface area contributed by atoms with Crippen molar-refractivity contribution in [3.63, 3.8) is 0 Å². The van der Waals surface area contributed by atoms with Gasteiger partial charge in [-0.3, -0.25) is 14.9 Å². The Labute approximate surface area is 158 Å². The Bertz CT molecular complexity index is 925. The summed E-state index contributed by atoms with van der Waals surface area (Å²) >= 11 is 3.04. The lowest BCUT2D eigenvalue weighted by Crippen LogP contribution is -2.11. The second-order valence-corrected chi connectivity index (χ2v) is 7.72. The van der Waals surface area contributed by atoms with Crippen molar-refractivity contribution in [2.45, 2.75) is 11.3 Å². The Morgan fingerprint density at radius 3 is 2.50 bits per heavy atom. The summed E-state index contributed by atoms with van der Waals surface area (Å²) in [6.07, 6.45) is 0. The summed E-state index contributed by atoms with van der Waals surface area (Å²) in [7, 11) is 0. The number of carbonyl (C=O) groups excluding carboxylic acids is 1. The number of carbonyl (C=O) groups is 1. The number of nitrogens with one attached hydrogen (secondary N) is 1. The van der Waals surface area contributed by atoms with Crippen LogP contribution >= 0.6 is 23.1 Å². The topological polar surface area (TPSA) is 85.1 Å². The number of nitro benzene ring substituents is 1. The number of thiazole rings is 1. The Morgan fingerprint density at radius 2 is 1.88 bits per heavy atom. The molecular formula is C18H15N3O3S2. The molecule has 0 spiro atoms. The van der Waals surface area contributed by atoms with Gasteiger partial charge in [-0.05, 0) is 17.9 Å². The molecule has 2 aromatic carbocycles. The van der Waals surface area contributed by atoms with Gasteiger partial charge in [0.05, 0.1) is 4.92 Å². The van der Waals surface area contributed by atoms with Gasteiger partial charge in [-0.2, -0.15) is 0 Å². The van der Waals surface area contributed by atoms with Crippen LogP contribution in [0.1, 0.15) is 17.3 Å². The smallest absolute Gasteiger partial charge is 0.269 e. The van der Waals surface area contributed by atoms with Crippen molar-refractivity contribution in [2.24, 2.45) is 0 Å². The summed E-state index contributed by atoms with van der Waals surface area (Å²) in [6.45, 7) is 2.05. The van der Waals surface area contributed by atoms with E-state index in [1.165, 1.54) is 35.6 Å². The minimum absolute atomic E-state index is 0.0500. The second-order valence-electron chi connectivity index (χ2n) is 5.21. The third kappa shape index (κ3) is 4.09. The van der Waals surface area contributed by atoms with Crippen molar-refractivity contribution in [2.75, 3.05) is 11.1 Å². The molecule has 0 bridgehead atoms. The second kappa shape index (κ2) is 8.11. The molecule has 0 fully saturated rings. The zero-order valence-corrected chi connectivity index (χ0v) is 15.5. The number of nitrogens with zero attached hydrogens (tertiary/aromatic N) is 2. The number of benzene rings is 2. The maximum absolute atomic E-state index is 12.5. The van der Waals surface area contributed by atoms with E-state index in [2.05, 4.69) is 10.3 Å². The van der Waals surface area contributed by atoms with E-state index in [1.54, 1.807) is 11.8 Å². The van der Waals surface area contributed by atoms with Crippen LogP contribution in [-0.4, -0.2) is 21.6 Å². The Kier molecular flexibility index (Phi) is 5.65. The number of amides is 1. The van der Waals surface area contributed by atoms with Gasteiger partial charge in [0, 0.05) is 23.3 Å². The minimum atomic E-state index is -0.493. The van der Waals surface area contributed by atoms with E-state index in [-0.39, 0.29) is 11.6 Å². The quantitative estimate of drug-likeness (QED) is 0.363. The molecule has 0 atom stereocenters. The molecule has 0 saturated heterocycles. The Hall–Kier alpha value is -2.71. The number of anilines is 1. The van der Waals surface area contributed by atoms with Crippen LogP contribution in [0.15, 0.2) is 58.9 Å². The van der Waals surface area contributed by atoms with Crippen LogP contribution in [0.3, 0.4) is 0 Å². The highest BCUT2D eigenvalue weighted by atomic mass is 32.2. The number of hydrogen-bond donors (Lipinski definition) is 1. The number of nitro groups is 1. The molecule has 1 amide bonds. The van der Waals surface area contributed by atoms with Crippen molar-refractivity contribution >= 4 is 39.7 Å². The van der Waals surface area contributed by atoms with E-state index in [0.29, 0.717) is 10.6 Å². The van der Waals surface area contributed by atoms with E-state index >= 15 is 0 Å². The van der Waals surface area contributed by atoms with Crippen LogP contribution in [0.25, 0.3) is 11.3 Å². The van der Waals surface area contributed by atoms with Crippen LogP contribution in [0.5, 0.6) is 0 Å². The fraction of sp³-hybridized carbons (Fsp3) is 0.111. The van der Waals surface area contributed by atoms with Crippen molar-refractivity contribution < 1.29 is 9.72 Å². The van der Waals surface area contributed by atoms with Gasteiger partial charge in [0.1, 0.15) is 10.7 Å². The number of thioether (sulfide) groups is 1. The molecule has 8 heteroatoms. The fourth-order valence-corrected chi connectivity index (χ4v) is 4.23. The van der Waals surface area contributed by atoms with E-state index in [9.17, 15) is 14.9 Å². The average Bonchev–Trinajstić information content (AvgIpc) is 3.05. The molecule has 0 saturated carbocycles. The molecule has 0 radical (unpaired) electrons. The predicted octanol–water partition coefficient (Wildman–Crippen LogP) is 5.08. The molecule has 1 N–H and O–H groups in total. The lowest BCUT2D eigenvalue weighted by molar-refractivity contribution is -0.384. The van der Waals surface area contributed by atoms with Gasteiger partial charge in [-0.15, -0.1) is 0 Å². The van der Waals surface area contributed by atoms with Gasteiger partial charge in [0.15, 0.2) is 4.34 Å². The summed E-state index contributed by atoms with van der Waals surface area (Å²) in [4.78, 5) is 27.4. The summed E-state index contributed by atoms with van der Waals surface area (Å²) in [6, 6.07) is 15.2. The number of aromatic nitrogens is 1. The highest BCUT2D eigenvalue weighted by Gasteiger charge is 2.17. The zero-order valence-electron chi connectivity index (χ0n) is 13.8. The van der Waals surface area contributed by atoms with Crippen molar-refractivity contribution in [1.29, 1.82) is 0 Å². The molecule has 3 rings (SSSR count). The molecule has 1 heterocycles. The zero-order chi connectivity index (χ0) is 18.5. The molecule has 0 unspecified atom stereocenters. The lowest BCUT2D eigenvalue weighted by Gasteiger charge is -2.05. The number of non-ortho nitro benzene ring substituents is 1. The first kappa shape index (κ1) is 18.1. The molecule has 6 nitrogen and oxygen atoms in total. The van der Waals surface area contributed by atoms with Crippen molar-refractivity contribution in [1.82, 2.24) is 4.98 Å². The largest absolute Gasteiger partial charge is 0.312 e. The number of rotatable bonds is 6. The third-order valence-corrected chi connectivity index (χ3v) is 5.49. The minimum Gasteiger partial charge on any atom is -0.312 e. The molecule has 132 valence electrons. The van der Waals surface area contributed by atoms with Crippen LogP contribution in [0.4, 0.5) is 10.7 Å². The molecule has 0 aliphatic rings. The van der Waals surface area contributed by atoms with E-state index in [4.69, 9.17) is 0 Å². The first-order valence-corrected chi connectivity index (χ1v) is 9.63. The van der Waals surface area contributed by atoms with Crippen molar-refractivity contribution in [3.8, 4) is 11.3 Å². The lowest BCUT2D eigenvalue weighted by atomic mass is 10.1. The Balaban J connectivity index is 1.88. The summed E-state index contributed by atoms with van der Waals surface area (Å²) in [5.41, 5.74) is 1.95. The number of hydrogen-bond acceptors (Lipinski definition) is 6. The van der Waals surface area contributed by atoms with Crippen LogP contribution in [-0.2, 0) is 0 Å². The van der Waals surface area contributed by atoms with Gasteiger partial charge in [0.25, 0.3) is 11.6 Å². The molecule has 3 aromatic rings. The van der Waals surface area contributed by atoms with Gasteiger partial charge in [-0.25, -0.2) is 4.98 Å². The fourth-order valence-electron chi connectivity index (χ4n) is 2.27. The monoisotopic (exact) mass is 385 g/mol. The standard InChI is InChI=1S/C18H15N3O3S2/c1-2-25-18-19-15(12-6-4-3-5-7-12)17(26-18)20-16(22)13-8-10-14(11-9-13)21(23)24/h3-11H,2H2,1H3,(H,20,22). The van der Waals surface area contributed by atoms with Gasteiger partial charge in [0.2, 0.25) is 0 Å². The average molecular weight is 385 g/mol. The predicted molar refractivity (Wildman–Crippen MR) is 105 cm³/mol. The molecule has 1 aromatic heterocycles. The van der Waals surface area contributed by atoms with Crippen LogP contribution in [0.2, 0.25) is 0 Å². The first-order chi connectivity index (χ1) is 12.6. The highest BCUT2D eigenvalue weighted by molar-refractivity contribution is 8.01. The van der Waals surface area contributed by atoms with Gasteiger partial charge < -0.3 is 5.32 Å². The molecular weight excluding hydrogens is 370 g/mol. The SMILES string of the molecule is CCSc1nc(-c2ccccc2)c(NC(=O)c2ccc([N+](=O)[O-])cc2)s1. The van der Waals surface area contributed by atoms with Gasteiger partial charge >= 0.3 is 0 Å². The van der Waals surface area contributed by atoms with E-state index in [1.807, 2.05) is 37.3 Å². The molecule has 26 heavy (non-hydrogen) atoms. The van der Waals surface area contributed by atoms with Crippen LogP contribution < -0.4 is 5.32 Å². The molecule has 0 aliphatic heterocycles. The third-order valence-electron chi connectivity index (χ3n) is 3.49. The van der Waals surface area contributed by atoms with Gasteiger partial charge in [-0.1, -0.05) is 60.4 Å². The van der Waals surface area contributed by atoms with E-state index in [0.717, 1.165) is 21.3 Å². The van der Waals surface area contributed by atoms with E-state index < -0.39 is 4.92 Å². The maximum Gasteiger partial charge on any atom is 0.269 e. The molecule has 0 aliphatic carbocycles. The van der Waals surface area contributed by atoms with Crippen LogP contribution in [0, 0.1) is 10.1 Å². The summed E-state index contributed by atoms with van der Waals surface area (Å²) in [5, 5.41) is 14.3. The maximum atomic E-state index is 12.5. The summed E-state index contributed by atoms with van der Waals surface area (Å²) in [5.74, 6) is 0.561. The summed E-state index contributed by atoms with van der Waals surface area (Å²) < 4.78 is 0.880. The normalized spacial score (nSPS) is 10.5. The first-order valence-electron chi connectivity index (χ1n) is 7.83. The van der Waals surface area contributed by atoms with Crippen molar-refractivity contribution in [3.05, 3.63) is 70.3 Å². The Morgan fingerprint density at radius 1 is 1.19 bits per heavy atom.